The summed E-state index contributed by atoms with van der Waals surface area (Å²) in [5, 5.41) is 8.25. The molecule has 0 N–H and O–H groups in total. The Morgan fingerprint density at radius 2 is 2.62 bits per heavy atom. The average molecular weight is 195 g/mol. The molecular formula is C8H9N3OS. The largest absolute Gasteiger partial charge is 0.286 e. The highest BCUT2D eigenvalue weighted by molar-refractivity contribution is 7.13. The van der Waals surface area contributed by atoms with E-state index in [-0.39, 0.29) is 11.8 Å². The number of hydrogen-bond donors (Lipinski definition) is 0. The highest BCUT2D eigenvalue weighted by Gasteiger charge is 2.30. The summed E-state index contributed by atoms with van der Waals surface area (Å²) in [6, 6.07) is 0. The molecule has 0 aromatic carbocycles. The quantitative estimate of drug-likeness (QED) is 0.663. The minimum atomic E-state index is 0.113. The Morgan fingerprint density at radius 3 is 3.15 bits per heavy atom. The lowest BCUT2D eigenvalue weighted by molar-refractivity contribution is -0.117. The molecule has 0 aliphatic carbocycles. The number of hydrogen-bond acceptors (Lipinski definition) is 4. The zero-order valence-electron chi connectivity index (χ0n) is 7.01. The lowest BCUT2D eigenvalue weighted by atomic mass is 10.1. The average Bonchev–Trinajstić information content (AvgIpc) is 2.72. The Bertz CT molecular complexity index is 322. The fraction of sp³-hybridized carbons (Fsp3) is 0.375. The highest BCUT2D eigenvalue weighted by atomic mass is 32.1. The van der Waals surface area contributed by atoms with E-state index in [0.717, 1.165) is 0 Å². The predicted molar refractivity (Wildman–Crippen MR) is 50.6 cm³/mol. The maximum absolute atomic E-state index is 11.5. The van der Waals surface area contributed by atoms with Crippen molar-refractivity contribution in [3.8, 4) is 0 Å². The molecule has 1 atom stereocenters. The number of carbonyl (C=O) groups excluding carboxylic acids is 1. The second-order valence-electron chi connectivity index (χ2n) is 2.93. The van der Waals surface area contributed by atoms with Crippen molar-refractivity contribution >= 4 is 22.4 Å². The Labute approximate surface area is 79.9 Å². The summed E-state index contributed by atoms with van der Waals surface area (Å²) in [6.07, 6.45) is 2.36. The molecule has 0 spiro atoms. The third-order valence-electron chi connectivity index (χ3n) is 2.07. The van der Waals surface area contributed by atoms with Crippen LogP contribution in [0.15, 0.2) is 18.2 Å². The van der Waals surface area contributed by atoms with Crippen LogP contribution in [0.5, 0.6) is 0 Å². The van der Waals surface area contributed by atoms with Crippen LogP contribution in [0.25, 0.3) is 0 Å². The van der Waals surface area contributed by atoms with Crippen LogP contribution in [-0.2, 0) is 4.79 Å². The smallest absolute Gasteiger partial charge is 0.229 e. The fourth-order valence-corrected chi connectivity index (χ4v) is 1.95. The van der Waals surface area contributed by atoms with Crippen LogP contribution in [0.1, 0.15) is 6.42 Å². The highest BCUT2D eigenvalue weighted by Crippen LogP contribution is 2.25. The maximum atomic E-state index is 11.5. The van der Waals surface area contributed by atoms with E-state index in [1.54, 1.807) is 10.4 Å². The molecule has 0 radical (unpaired) electrons. The van der Waals surface area contributed by atoms with Gasteiger partial charge in [-0.15, -0.1) is 16.8 Å². The van der Waals surface area contributed by atoms with E-state index < -0.39 is 0 Å². The molecular weight excluding hydrogens is 186 g/mol. The Hall–Kier alpha value is -1.23. The topological polar surface area (TPSA) is 46.1 Å². The molecule has 2 rings (SSSR count). The molecule has 13 heavy (non-hydrogen) atoms. The van der Waals surface area contributed by atoms with Crippen molar-refractivity contribution in [2.45, 2.75) is 6.42 Å². The summed E-state index contributed by atoms with van der Waals surface area (Å²) < 4.78 is 0. The summed E-state index contributed by atoms with van der Waals surface area (Å²) in [5.41, 5.74) is 1.63. The van der Waals surface area contributed by atoms with Crippen LogP contribution >= 0.6 is 11.3 Å². The molecule has 1 amide bonds. The molecule has 0 saturated carbocycles. The number of aromatic nitrogens is 2. The first-order valence-electron chi connectivity index (χ1n) is 4.00. The van der Waals surface area contributed by atoms with Crippen molar-refractivity contribution in [1.82, 2.24) is 10.2 Å². The third-order valence-corrected chi connectivity index (χ3v) is 2.78. The van der Waals surface area contributed by atoms with Gasteiger partial charge >= 0.3 is 0 Å². The summed E-state index contributed by atoms with van der Waals surface area (Å²) in [4.78, 5) is 13.1. The molecule has 1 fully saturated rings. The standard InChI is InChI=1S/C8H9N3OS/c1-2-6-3-7(12)11(4-6)8-10-9-5-13-8/h2,5-6H,1,3-4H2. The van der Waals surface area contributed by atoms with Gasteiger partial charge in [0.05, 0.1) is 0 Å². The molecule has 1 aliphatic rings. The van der Waals surface area contributed by atoms with E-state index in [1.165, 1.54) is 11.3 Å². The van der Waals surface area contributed by atoms with Gasteiger partial charge in [0.15, 0.2) is 0 Å². The monoisotopic (exact) mass is 195 g/mol. The number of nitrogens with zero attached hydrogens (tertiary/aromatic N) is 3. The van der Waals surface area contributed by atoms with Gasteiger partial charge in [-0.25, -0.2) is 0 Å². The van der Waals surface area contributed by atoms with Crippen molar-refractivity contribution in [3.63, 3.8) is 0 Å². The van der Waals surface area contributed by atoms with Crippen molar-refractivity contribution in [3.05, 3.63) is 18.2 Å². The van der Waals surface area contributed by atoms with Crippen molar-refractivity contribution in [2.24, 2.45) is 5.92 Å². The SMILES string of the molecule is C=CC1CC(=O)N(c2nncs2)C1. The predicted octanol–water partition coefficient (Wildman–Crippen LogP) is 1.08. The second-order valence-corrected chi connectivity index (χ2v) is 3.74. The van der Waals surface area contributed by atoms with Gasteiger partial charge < -0.3 is 0 Å². The van der Waals surface area contributed by atoms with Gasteiger partial charge in [-0.3, -0.25) is 9.69 Å². The summed E-state index contributed by atoms with van der Waals surface area (Å²) in [7, 11) is 0. The zero-order chi connectivity index (χ0) is 9.26. The van der Waals surface area contributed by atoms with E-state index in [4.69, 9.17) is 0 Å². The first-order valence-corrected chi connectivity index (χ1v) is 4.88. The minimum absolute atomic E-state index is 0.113. The summed E-state index contributed by atoms with van der Waals surface area (Å²) in [6.45, 7) is 4.37. The molecule has 4 nitrogen and oxygen atoms in total. The Balaban J connectivity index is 2.18. The lowest BCUT2D eigenvalue weighted by Gasteiger charge is -2.10. The summed E-state index contributed by atoms with van der Waals surface area (Å²) >= 11 is 1.39. The number of carbonyl (C=O) groups is 1. The van der Waals surface area contributed by atoms with Crippen molar-refractivity contribution in [2.75, 3.05) is 11.4 Å². The number of amides is 1. The van der Waals surface area contributed by atoms with Crippen molar-refractivity contribution in [1.29, 1.82) is 0 Å². The molecule has 1 saturated heterocycles. The normalized spacial score (nSPS) is 22.3. The van der Waals surface area contributed by atoms with Crippen LogP contribution < -0.4 is 4.90 Å². The van der Waals surface area contributed by atoms with Crippen LogP contribution in [0.2, 0.25) is 0 Å². The minimum Gasteiger partial charge on any atom is -0.286 e. The molecule has 1 unspecified atom stereocenters. The van der Waals surface area contributed by atoms with Gasteiger partial charge in [-0.05, 0) is 0 Å². The number of rotatable bonds is 2. The van der Waals surface area contributed by atoms with Gasteiger partial charge in [0.25, 0.3) is 0 Å². The first kappa shape index (κ1) is 8.37. The maximum Gasteiger partial charge on any atom is 0.229 e. The molecule has 1 aromatic rings. The van der Waals surface area contributed by atoms with Gasteiger partial charge in [0.2, 0.25) is 11.0 Å². The van der Waals surface area contributed by atoms with Crippen molar-refractivity contribution < 1.29 is 4.79 Å². The van der Waals surface area contributed by atoms with Gasteiger partial charge in [0, 0.05) is 18.9 Å². The van der Waals surface area contributed by atoms with Crippen LogP contribution in [-0.4, -0.2) is 22.6 Å². The van der Waals surface area contributed by atoms with Crippen LogP contribution in [0, 0.1) is 5.92 Å². The van der Waals surface area contributed by atoms with E-state index in [9.17, 15) is 4.79 Å². The van der Waals surface area contributed by atoms with Crippen LogP contribution in [0.3, 0.4) is 0 Å². The van der Waals surface area contributed by atoms with Gasteiger partial charge in [-0.2, -0.15) is 0 Å². The van der Waals surface area contributed by atoms with Gasteiger partial charge in [0.1, 0.15) is 5.51 Å². The second kappa shape index (κ2) is 3.26. The van der Waals surface area contributed by atoms with E-state index >= 15 is 0 Å². The molecule has 0 bridgehead atoms. The molecule has 1 aliphatic heterocycles. The van der Waals surface area contributed by atoms with E-state index in [1.807, 2.05) is 6.08 Å². The molecule has 5 heteroatoms. The van der Waals surface area contributed by atoms with Gasteiger partial charge in [-0.1, -0.05) is 17.4 Å². The molecule has 68 valence electrons. The summed E-state index contributed by atoms with van der Waals surface area (Å²) in [5.74, 6) is 0.373. The zero-order valence-corrected chi connectivity index (χ0v) is 7.83. The molecule has 1 aromatic heterocycles. The first-order chi connectivity index (χ1) is 6.31. The Kier molecular flexibility index (Phi) is 2.10. The number of anilines is 1. The third kappa shape index (κ3) is 1.47. The fourth-order valence-electron chi connectivity index (χ4n) is 1.36. The lowest BCUT2D eigenvalue weighted by Crippen LogP contribution is -2.24. The van der Waals surface area contributed by atoms with Crippen LogP contribution in [0.4, 0.5) is 5.13 Å². The van der Waals surface area contributed by atoms with E-state index in [2.05, 4.69) is 16.8 Å². The Morgan fingerprint density at radius 1 is 1.77 bits per heavy atom. The molecule has 2 heterocycles. The van der Waals surface area contributed by atoms with E-state index in [0.29, 0.717) is 18.1 Å².